The molecule has 0 aromatic heterocycles. The fraction of sp³-hybridized carbons (Fsp3) is 0.724. The zero-order valence-electron chi connectivity index (χ0n) is 22.8. The summed E-state index contributed by atoms with van der Waals surface area (Å²) in [6.07, 6.45) is 20.2. The first-order valence-electron chi connectivity index (χ1n) is 12.7. The maximum absolute atomic E-state index is 5.51. The van der Waals surface area contributed by atoms with Crippen LogP contribution in [-0.2, 0) is 21.7 Å². The first kappa shape index (κ1) is 34.1. The van der Waals surface area contributed by atoms with Gasteiger partial charge in [0.05, 0.1) is 0 Å². The second kappa shape index (κ2) is 19.2. The largest absolute Gasteiger partial charge is 0.272 e. The normalized spacial score (nSPS) is 13.0. The van der Waals surface area contributed by atoms with E-state index in [1.807, 2.05) is 13.8 Å². The molecular weight excluding hydrogens is 441 g/mol. The zero-order chi connectivity index (χ0) is 23.9. The minimum atomic E-state index is -1.20. The Morgan fingerprint density at radius 3 is 1.44 bits per heavy atom. The van der Waals surface area contributed by atoms with Gasteiger partial charge in [0.1, 0.15) is 0 Å². The van der Waals surface area contributed by atoms with Crippen LogP contribution >= 0.6 is 7.05 Å². The molecule has 0 unspecified atom stereocenters. The van der Waals surface area contributed by atoms with Gasteiger partial charge in [0.2, 0.25) is 0 Å². The van der Waals surface area contributed by atoms with Crippen molar-refractivity contribution in [2.45, 2.75) is 100 Å². The Bertz CT molecular complexity index is 583. The fourth-order valence-corrected chi connectivity index (χ4v) is 7.63. The minimum absolute atomic E-state index is 0. The molecule has 1 nitrogen and oxygen atoms in total. The van der Waals surface area contributed by atoms with E-state index in [2.05, 4.69) is 72.9 Å². The van der Waals surface area contributed by atoms with E-state index in [1.165, 1.54) is 62.7 Å². The predicted molar refractivity (Wildman–Crippen MR) is 148 cm³/mol. The molecular formula is C29H54NPTi. The van der Waals surface area contributed by atoms with Crippen molar-refractivity contribution < 1.29 is 21.7 Å². The van der Waals surface area contributed by atoms with Gasteiger partial charge in [-0.2, -0.15) is 0 Å². The summed E-state index contributed by atoms with van der Waals surface area (Å²) < 4.78 is 5.51. The summed E-state index contributed by atoms with van der Waals surface area (Å²) >= 11 is 0. The van der Waals surface area contributed by atoms with Crippen LogP contribution in [0.4, 0.5) is 0 Å². The van der Waals surface area contributed by atoms with Crippen molar-refractivity contribution in [2.75, 3.05) is 18.5 Å². The predicted octanol–water partition coefficient (Wildman–Crippen LogP) is 10.5. The van der Waals surface area contributed by atoms with Gasteiger partial charge in [-0.1, -0.05) is 97.3 Å². The van der Waals surface area contributed by atoms with Gasteiger partial charge < -0.3 is 0 Å². The van der Waals surface area contributed by atoms with Crippen molar-refractivity contribution in [3.8, 4) is 0 Å². The number of hydrogen-bond acceptors (Lipinski definition) is 1. The van der Waals surface area contributed by atoms with Gasteiger partial charge in [0.25, 0.3) is 0 Å². The van der Waals surface area contributed by atoms with Gasteiger partial charge in [0.15, 0.2) is 0 Å². The van der Waals surface area contributed by atoms with E-state index in [4.69, 9.17) is 4.74 Å². The third-order valence-corrected chi connectivity index (χ3v) is 10.0. The third kappa shape index (κ3) is 18.3. The van der Waals surface area contributed by atoms with E-state index >= 15 is 0 Å². The summed E-state index contributed by atoms with van der Waals surface area (Å²) in [4.78, 5) is 0. The Labute approximate surface area is 217 Å². The van der Waals surface area contributed by atoms with Gasteiger partial charge >= 0.3 is 0 Å². The number of nitrogens with zero attached hydrogens (tertiary/aromatic N) is 1. The molecule has 184 valence electrons. The summed E-state index contributed by atoms with van der Waals surface area (Å²) in [5.41, 5.74) is 3.50. The van der Waals surface area contributed by atoms with E-state index in [0.29, 0.717) is 0 Å². The number of allylic oxidation sites excluding steroid dienone is 5. The molecule has 1 rings (SSSR count). The van der Waals surface area contributed by atoms with Crippen LogP contribution in [0.1, 0.15) is 100 Å². The van der Waals surface area contributed by atoms with E-state index in [1.54, 1.807) is 0 Å². The molecule has 0 radical (unpaired) electrons. The van der Waals surface area contributed by atoms with Gasteiger partial charge in [0, 0.05) is 33.8 Å². The van der Waals surface area contributed by atoms with E-state index in [9.17, 15) is 0 Å². The van der Waals surface area contributed by atoms with Gasteiger partial charge in [-0.15, -0.1) is 0 Å². The second-order valence-corrected chi connectivity index (χ2v) is 14.6. The maximum Gasteiger partial charge on any atom is 0.0425 e. The fourth-order valence-electron chi connectivity index (χ4n) is 3.65. The smallest absolute Gasteiger partial charge is 0.0425 e. The van der Waals surface area contributed by atoms with E-state index in [-0.39, 0.29) is 21.7 Å². The van der Waals surface area contributed by atoms with Crippen LogP contribution < -0.4 is 0 Å². The molecule has 0 N–H and O–H groups in total. The molecule has 0 aromatic carbocycles. The van der Waals surface area contributed by atoms with Crippen LogP contribution in [0, 0.1) is 17.8 Å². The van der Waals surface area contributed by atoms with Crippen LogP contribution in [0.25, 0.3) is 0 Å². The average molecular weight is 496 g/mol. The average Bonchev–Trinajstić information content (AvgIpc) is 3.14. The van der Waals surface area contributed by atoms with Gasteiger partial charge in [-0.3, -0.25) is 4.74 Å². The molecule has 0 atom stereocenters. The maximum atomic E-state index is 5.51. The first-order valence-corrected chi connectivity index (χ1v) is 15.0. The number of hydrogen-bond donors (Lipinski definition) is 0. The molecule has 0 amide bonds. The van der Waals surface area contributed by atoms with Crippen LogP contribution in [0.5, 0.6) is 0 Å². The molecule has 0 spiro atoms. The summed E-state index contributed by atoms with van der Waals surface area (Å²) in [7, 11) is -1.20. The summed E-state index contributed by atoms with van der Waals surface area (Å²) in [5.74, 6) is 2.46. The topological polar surface area (TPSA) is 12.4 Å². The van der Waals surface area contributed by atoms with E-state index < -0.39 is 7.05 Å². The minimum Gasteiger partial charge on any atom is -0.272 e. The summed E-state index contributed by atoms with van der Waals surface area (Å²) in [6.45, 7) is 25.4. The quantitative estimate of drug-likeness (QED) is 0.129. The molecule has 0 fully saturated rings. The standard InChI is InChI=1S/C23H44NP.C6H10.Ti/c1-20(2)12-9-17-25(18-10-13-21(3)4,19-11-14-22(5)6)24-23-15-7-8-16-23;1-5(2)6(3)4;/h7-8,15,20-22H,9-14,16-19H2,1-6H3;1,3H2,2,4H3;. The number of rotatable bonds is 14. The third-order valence-electron chi connectivity index (χ3n) is 5.89. The summed E-state index contributed by atoms with van der Waals surface area (Å²) in [6, 6.07) is 0. The van der Waals surface area contributed by atoms with Crippen molar-refractivity contribution in [3.05, 3.63) is 48.2 Å². The van der Waals surface area contributed by atoms with Crippen LogP contribution in [0.3, 0.4) is 0 Å². The Kier molecular flexibility index (Phi) is 20.5. The van der Waals surface area contributed by atoms with Crippen molar-refractivity contribution in [3.63, 3.8) is 0 Å². The Morgan fingerprint density at radius 2 is 1.19 bits per heavy atom. The van der Waals surface area contributed by atoms with Crippen LogP contribution in [0.2, 0.25) is 0 Å². The van der Waals surface area contributed by atoms with Crippen molar-refractivity contribution >= 4 is 7.05 Å². The van der Waals surface area contributed by atoms with Crippen LogP contribution in [0.15, 0.2) is 53.0 Å². The van der Waals surface area contributed by atoms with Crippen molar-refractivity contribution in [1.29, 1.82) is 0 Å². The second-order valence-electron chi connectivity index (χ2n) is 10.8. The molecule has 1 aliphatic rings. The SMILES string of the molecule is C=C(C)C(=C)C.CC(C)CCCP(CCCC(C)C)(CCCC(C)C)=NC1=CC=CC1.[Ti]. The van der Waals surface area contributed by atoms with Gasteiger partial charge in [-0.25, -0.2) is 0 Å². The Balaban J connectivity index is 0. The monoisotopic (exact) mass is 495 g/mol. The van der Waals surface area contributed by atoms with Crippen LogP contribution in [-0.4, -0.2) is 18.5 Å². The van der Waals surface area contributed by atoms with E-state index in [0.717, 1.165) is 35.3 Å². The molecule has 0 saturated carbocycles. The molecule has 3 heteroatoms. The van der Waals surface area contributed by atoms with Gasteiger partial charge in [-0.05, 0) is 82.5 Å². The zero-order valence-corrected chi connectivity index (χ0v) is 25.3. The molecule has 32 heavy (non-hydrogen) atoms. The van der Waals surface area contributed by atoms with Crippen molar-refractivity contribution in [1.82, 2.24) is 0 Å². The first-order chi connectivity index (χ1) is 14.5. The molecule has 0 bridgehead atoms. The van der Waals surface area contributed by atoms with Crippen molar-refractivity contribution in [2.24, 2.45) is 22.5 Å². The summed E-state index contributed by atoms with van der Waals surface area (Å²) in [5, 5.41) is 0. The Morgan fingerprint density at radius 1 is 0.812 bits per heavy atom. The molecule has 0 aromatic rings. The molecule has 1 aliphatic carbocycles. The molecule has 0 saturated heterocycles. The molecule has 0 aliphatic heterocycles. The Hall–Kier alpha value is -0.0957. The molecule has 0 heterocycles.